The fourth-order valence-electron chi connectivity index (χ4n) is 2.50. The van der Waals surface area contributed by atoms with E-state index < -0.39 is 30.7 Å². The largest absolute Gasteiger partial charge is 0.393 e. The second-order valence-corrected chi connectivity index (χ2v) is 5.25. The predicted octanol–water partition coefficient (Wildman–Crippen LogP) is -0.866. The van der Waals surface area contributed by atoms with E-state index in [1.54, 1.807) is 6.92 Å². The molecule has 0 aromatic heterocycles. The first-order chi connectivity index (χ1) is 8.49. The Labute approximate surface area is 106 Å². The van der Waals surface area contributed by atoms with Crippen LogP contribution in [0.15, 0.2) is 0 Å². The van der Waals surface area contributed by atoms with Gasteiger partial charge in [0.1, 0.15) is 18.3 Å². The Balaban J connectivity index is 1.88. The molecule has 1 saturated heterocycles. The van der Waals surface area contributed by atoms with Gasteiger partial charge in [0.15, 0.2) is 6.29 Å². The highest BCUT2D eigenvalue weighted by atomic mass is 16.7. The summed E-state index contributed by atoms with van der Waals surface area (Å²) in [6.07, 6.45) is -2.69. The van der Waals surface area contributed by atoms with Gasteiger partial charge in [-0.3, -0.25) is 0 Å². The Morgan fingerprint density at radius 1 is 0.889 bits per heavy atom. The third kappa shape index (κ3) is 3.01. The zero-order chi connectivity index (χ0) is 13.3. The zero-order valence-electron chi connectivity index (χ0n) is 10.5. The number of aliphatic hydroxyl groups is 4. The van der Waals surface area contributed by atoms with Crippen LogP contribution in [-0.4, -0.2) is 63.3 Å². The highest BCUT2D eigenvalue weighted by molar-refractivity contribution is 4.88. The first-order valence-corrected chi connectivity index (χ1v) is 6.52. The molecule has 6 heteroatoms. The molecule has 5 unspecified atom stereocenters. The van der Waals surface area contributed by atoms with Crippen LogP contribution in [-0.2, 0) is 9.47 Å². The van der Waals surface area contributed by atoms with Gasteiger partial charge in [0, 0.05) is 0 Å². The minimum atomic E-state index is -1.26. The van der Waals surface area contributed by atoms with Crippen molar-refractivity contribution in [1.29, 1.82) is 0 Å². The van der Waals surface area contributed by atoms with Crippen LogP contribution in [0.2, 0.25) is 0 Å². The number of aliphatic hydroxyl groups excluding tert-OH is 4. The van der Waals surface area contributed by atoms with Crippen LogP contribution in [0.25, 0.3) is 0 Å². The molecule has 4 N–H and O–H groups in total. The number of hydrogen-bond donors (Lipinski definition) is 4. The summed E-state index contributed by atoms with van der Waals surface area (Å²) in [6, 6.07) is 0. The molecule has 0 spiro atoms. The summed E-state index contributed by atoms with van der Waals surface area (Å²) >= 11 is 0. The van der Waals surface area contributed by atoms with Crippen LogP contribution in [0, 0.1) is 0 Å². The molecule has 1 heterocycles. The highest BCUT2D eigenvalue weighted by Gasteiger charge is 2.43. The molecule has 1 aliphatic heterocycles. The number of ether oxygens (including phenoxy) is 2. The van der Waals surface area contributed by atoms with Gasteiger partial charge in [-0.2, -0.15) is 0 Å². The Hall–Kier alpha value is -0.240. The quantitative estimate of drug-likeness (QED) is 0.516. The van der Waals surface area contributed by atoms with Crippen LogP contribution >= 0.6 is 0 Å². The molecule has 0 aromatic carbocycles. The lowest BCUT2D eigenvalue weighted by molar-refractivity contribution is -0.306. The smallest absolute Gasteiger partial charge is 0.186 e. The van der Waals surface area contributed by atoms with Crippen molar-refractivity contribution in [3.63, 3.8) is 0 Å². The van der Waals surface area contributed by atoms with E-state index >= 15 is 0 Å². The Kier molecular flexibility index (Phi) is 4.58. The molecule has 18 heavy (non-hydrogen) atoms. The summed E-state index contributed by atoms with van der Waals surface area (Å²) < 4.78 is 11.0. The summed E-state index contributed by atoms with van der Waals surface area (Å²) in [5, 5.41) is 38.4. The molecule has 0 aromatic rings. The standard InChI is InChI=1S/C12H22O6/c1-6-9(14)10(15)11(16)12(17-6)18-8-4-2-7(13)3-5-8/h6-16H,2-5H2,1H3. The van der Waals surface area contributed by atoms with Crippen LogP contribution in [0.5, 0.6) is 0 Å². The van der Waals surface area contributed by atoms with Crippen LogP contribution < -0.4 is 0 Å². The first kappa shape index (κ1) is 14.2. The third-order valence-electron chi connectivity index (χ3n) is 3.78. The summed E-state index contributed by atoms with van der Waals surface area (Å²) in [6.45, 7) is 1.63. The van der Waals surface area contributed by atoms with Crippen molar-refractivity contribution in [3.05, 3.63) is 0 Å². The van der Waals surface area contributed by atoms with Gasteiger partial charge in [-0.05, 0) is 32.6 Å². The molecular weight excluding hydrogens is 240 g/mol. The SMILES string of the molecule is CC1OC(OC2CCC(O)CC2)C(O)C(O)C1O. The van der Waals surface area contributed by atoms with E-state index in [1.165, 1.54) is 0 Å². The van der Waals surface area contributed by atoms with Crippen molar-refractivity contribution < 1.29 is 29.9 Å². The Morgan fingerprint density at radius 3 is 2.11 bits per heavy atom. The maximum Gasteiger partial charge on any atom is 0.186 e. The molecule has 0 radical (unpaired) electrons. The summed E-state index contributed by atoms with van der Waals surface area (Å²) in [7, 11) is 0. The van der Waals surface area contributed by atoms with Gasteiger partial charge >= 0.3 is 0 Å². The first-order valence-electron chi connectivity index (χ1n) is 6.52. The third-order valence-corrected chi connectivity index (χ3v) is 3.78. The van der Waals surface area contributed by atoms with Gasteiger partial charge in [-0.15, -0.1) is 0 Å². The molecule has 0 bridgehead atoms. The summed E-state index contributed by atoms with van der Waals surface area (Å²) in [5.74, 6) is 0. The molecule has 0 amide bonds. The zero-order valence-corrected chi connectivity index (χ0v) is 10.5. The Bertz CT molecular complexity index is 265. The van der Waals surface area contributed by atoms with Crippen molar-refractivity contribution in [2.75, 3.05) is 0 Å². The van der Waals surface area contributed by atoms with E-state index in [1.807, 2.05) is 0 Å². The van der Waals surface area contributed by atoms with Crippen LogP contribution in [0.3, 0.4) is 0 Å². The maximum atomic E-state index is 9.80. The second-order valence-electron chi connectivity index (χ2n) is 5.25. The molecule has 1 aliphatic carbocycles. The van der Waals surface area contributed by atoms with E-state index in [9.17, 15) is 20.4 Å². The monoisotopic (exact) mass is 262 g/mol. The van der Waals surface area contributed by atoms with Crippen molar-refractivity contribution >= 4 is 0 Å². The molecule has 106 valence electrons. The lowest BCUT2D eigenvalue weighted by atomic mass is 9.94. The van der Waals surface area contributed by atoms with E-state index in [-0.39, 0.29) is 12.2 Å². The van der Waals surface area contributed by atoms with Crippen molar-refractivity contribution in [2.45, 2.75) is 75.5 Å². The van der Waals surface area contributed by atoms with Gasteiger partial charge in [-0.1, -0.05) is 0 Å². The molecule has 1 saturated carbocycles. The molecule has 2 aliphatic rings. The minimum absolute atomic E-state index is 0.0808. The van der Waals surface area contributed by atoms with E-state index in [4.69, 9.17) is 9.47 Å². The molecular formula is C12H22O6. The second kappa shape index (κ2) is 5.81. The number of hydrogen-bond acceptors (Lipinski definition) is 6. The van der Waals surface area contributed by atoms with Gasteiger partial charge in [0.2, 0.25) is 0 Å². The topological polar surface area (TPSA) is 99.4 Å². The minimum Gasteiger partial charge on any atom is -0.393 e. The van der Waals surface area contributed by atoms with Gasteiger partial charge in [0.25, 0.3) is 0 Å². The van der Waals surface area contributed by atoms with Crippen molar-refractivity contribution in [1.82, 2.24) is 0 Å². The van der Waals surface area contributed by atoms with Gasteiger partial charge in [-0.25, -0.2) is 0 Å². The lowest BCUT2D eigenvalue weighted by Crippen LogP contribution is -2.58. The average molecular weight is 262 g/mol. The molecule has 2 rings (SSSR count). The highest BCUT2D eigenvalue weighted by Crippen LogP contribution is 2.27. The Morgan fingerprint density at radius 2 is 1.50 bits per heavy atom. The van der Waals surface area contributed by atoms with E-state index in [2.05, 4.69) is 0 Å². The van der Waals surface area contributed by atoms with Crippen LogP contribution in [0.1, 0.15) is 32.6 Å². The predicted molar refractivity (Wildman–Crippen MR) is 61.7 cm³/mol. The molecule has 5 atom stereocenters. The molecule has 2 fully saturated rings. The summed E-state index contributed by atoms with van der Waals surface area (Å²) in [4.78, 5) is 0. The van der Waals surface area contributed by atoms with E-state index in [0.717, 1.165) is 0 Å². The average Bonchev–Trinajstić information content (AvgIpc) is 2.36. The normalized spacial score (nSPS) is 50.2. The van der Waals surface area contributed by atoms with Crippen LogP contribution in [0.4, 0.5) is 0 Å². The van der Waals surface area contributed by atoms with E-state index in [0.29, 0.717) is 25.7 Å². The maximum absolute atomic E-state index is 9.80. The van der Waals surface area contributed by atoms with Gasteiger partial charge < -0.3 is 29.9 Å². The fraction of sp³-hybridized carbons (Fsp3) is 1.00. The lowest BCUT2D eigenvalue weighted by Gasteiger charge is -2.41. The summed E-state index contributed by atoms with van der Waals surface area (Å²) in [5.41, 5.74) is 0. The fourth-order valence-corrected chi connectivity index (χ4v) is 2.50. The van der Waals surface area contributed by atoms with Crippen molar-refractivity contribution in [2.24, 2.45) is 0 Å². The number of rotatable bonds is 2. The molecule has 6 nitrogen and oxygen atoms in total. The van der Waals surface area contributed by atoms with Gasteiger partial charge in [0.05, 0.1) is 18.3 Å². The van der Waals surface area contributed by atoms with Crippen molar-refractivity contribution in [3.8, 4) is 0 Å².